The molecule has 0 unspecified atom stereocenters. The van der Waals surface area contributed by atoms with Crippen molar-refractivity contribution in [1.29, 1.82) is 0 Å². The molecule has 126 valence electrons. The summed E-state index contributed by atoms with van der Waals surface area (Å²) in [4.78, 5) is 18.5. The minimum Gasteiger partial charge on any atom is -0.371 e. The summed E-state index contributed by atoms with van der Waals surface area (Å²) in [6.07, 6.45) is 1.34. The van der Waals surface area contributed by atoms with Crippen molar-refractivity contribution in [1.82, 2.24) is 9.88 Å². The molecule has 0 bridgehead atoms. The highest BCUT2D eigenvalue weighted by Crippen LogP contribution is 2.47. The predicted molar refractivity (Wildman–Crippen MR) is 89.4 cm³/mol. The van der Waals surface area contributed by atoms with Crippen LogP contribution in [0.25, 0.3) is 0 Å². The molecule has 4 nitrogen and oxygen atoms in total. The van der Waals surface area contributed by atoms with E-state index in [2.05, 4.69) is 4.98 Å². The molecule has 1 aromatic rings. The quantitative estimate of drug-likeness (QED) is 0.832. The van der Waals surface area contributed by atoms with E-state index in [0.29, 0.717) is 19.4 Å². The lowest BCUT2D eigenvalue weighted by atomic mass is 9.80. The van der Waals surface area contributed by atoms with Gasteiger partial charge in [0.2, 0.25) is 5.91 Å². The van der Waals surface area contributed by atoms with Gasteiger partial charge >= 0.3 is 0 Å². The number of rotatable bonds is 4. The number of amides is 1. The molecular formula is C16H21FN2O2S2. The maximum Gasteiger partial charge on any atom is 0.225 e. The summed E-state index contributed by atoms with van der Waals surface area (Å²) in [5.74, 6) is 1.09. The van der Waals surface area contributed by atoms with Gasteiger partial charge in [0, 0.05) is 30.1 Å². The van der Waals surface area contributed by atoms with Gasteiger partial charge in [-0.1, -0.05) is 0 Å². The fraction of sp³-hybridized carbons (Fsp3) is 0.750. The first-order chi connectivity index (χ1) is 11.0. The average molecular weight is 356 g/mol. The molecule has 3 aliphatic rings. The molecule has 1 spiro atoms. The summed E-state index contributed by atoms with van der Waals surface area (Å²) in [6, 6.07) is 0. The Balaban J connectivity index is 1.23. The highest BCUT2D eigenvalue weighted by molar-refractivity contribution is 8.01. The van der Waals surface area contributed by atoms with Gasteiger partial charge in [0.25, 0.3) is 0 Å². The average Bonchev–Trinajstić information content (AvgIpc) is 3.06. The zero-order chi connectivity index (χ0) is 16.0. The van der Waals surface area contributed by atoms with Gasteiger partial charge in [0.1, 0.15) is 6.17 Å². The predicted octanol–water partition coefficient (Wildman–Crippen LogP) is 2.80. The number of thiazole rings is 1. The van der Waals surface area contributed by atoms with E-state index in [9.17, 15) is 9.18 Å². The lowest BCUT2D eigenvalue weighted by Gasteiger charge is -2.49. The molecule has 1 aliphatic carbocycles. The molecule has 0 N–H and O–H groups in total. The molecule has 1 atom stereocenters. The molecule has 2 saturated heterocycles. The van der Waals surface area contributed by atoms with Gasteiger partial charge in [0.05, 0.1) is 28.2 Å². The van der Waals surface area contributed by atoms with Crippen molar-refractivity contribution < 1.29 is 13.9 Å². The Hall–Kier alpha value is -0.660. The van der Waals surface area contributed by atoms with Crippen LogP contribution >= 0.6 is 23.1 Å². The van der Waals surface area contributed by atoms with Crippen molar-refractivity contribution in [2.45, 2.75) is 49.8 Å². The third-order valence-electron chi connectivity index (χ3n) is 5.01. The number of nitrogens with zero attached hydrogens (tertiary/aromatic N) is 2. The zero-order valence-corrected chi connectivity index (χ0v) is 14.8. The molecule has 1 saturated carbocycles. The third kappa shape index (κ3) is 3.15. The molecule has 0 radical (unpaired) electrons. The lowest BCUT2D eigenvalue weighted by molar-refractivity contribution is -0.146. The smallest absolute Gasteiger partial charge is 0.225 e. The highest BCUT2D eigenvalue weighted by atomic mass is 32.2. The number of ether oxygens (including phenoxy) is 1. The molecular weight excluding hydrogens is 335 g/mol. The topological polar surface area (TPSA) is 42.4 Å². The number of hydrogen-bond donors (Lipinski definition) is 0. The summed E-state index contributed by atoms with van der Waals surface area (Å²) in [7, 11) is 0. The summed E-state index contributed by atoms with van der Waals surface area (Å²) < 4.78 is 19.1. The fourth-order valence-corrected chi connectivity index (χ4v) is 5.77. The van der Waals surface area contributed by atoms with Crippen molar-refractivity contribution in [3.63, 3.8) is 0 Å². The Bertz CT molecular complexity index is 597. The van der Waals surface area contributed by atoms with E-state index in [1.165, 1.54) is 0 Å². The summed E-state index contributed by atoms with van der Waals surface area (Å²) in [5.41, 5.74) is 1.01. The lowest BCUT2D eigenvalue weighted by Crippen LogP contribution is -2.62. The minimum absolute atomic E-state index is 0.0614. The second kappa shape index (κ2) is 6.01. The molecule has 2 aliphatic heterocycles. The second-order valence-electron chi connectivity index (χ2n) is 6.95. The van der Waals surface area contributed by atoms with Gasteiger partial charge < -0.3 is 9.64 Å². The number of carbonyl (C=O) groups excluding carboxylic acids is 1. The number of aryl methyl sites for hydroxylation is 1. The monoisotopic (exact) mass is 356 g/mol. The number of halogens is 1. The van der Waals surface area contributed by atoms with Crippen LogP contribution in [0.2, 0.25) is 0 Å². The van der Waals surface area contributed by atoms with Gasteiger partial charge in [-0.25, -0.2) is 9.37 Å². The van der Waals surface area contributed by atoms with Crippen molar-refractivity contribution in [3.8, 4) is 0 Å². The van der Waals surface area contributed by atoms with E-state index in [1.54, 1.807) is 11.3 Å². The van der Waals surface area contributed by atoms with Crippen LogP contribution < -0.4 is 0 Å². The molecule has 0 aromatic carbocycles. The number of carbonyl (C=O) groups is 1. The molecule has 4 rings (SSSR count). The first-order valence-corrected chi connectivity index (χ1v) is 9.99. The maximum absolute atomic E-state index is 12.9. The molecule has 23 heavy (non-hydrogen) atoms. The van der Waals surface area contributed by atoms with Crippen LogP contribution in [-0.2, 0) is 16.1 Å². The molecule has 1 aromatic heterocycles. The maximum atomic E-state index is 12.9. The Labute approximate surface area is 143 Å². The van der Waals surface area contributed by atoms with Gasteiger partial charge in [-0.2, -0.15) is 0 Å². The van der Waals surface area contributed by atoms with E-state index in [0.717, 1.165) is 36.0 Å². The van der Waals surface area contributed by atoms with Gasteiger partial charge in [-0.15, -0.1) is 23.1 Å². The molecule has 1 amide bonds. The SMILES string of the molecule is Cc1nc(CO[C@H]2CSC3(C2)CN(C(=O)C2CC(F)C2)C3)cs1. The minimum atomic E-state index is -0.757. The van der Waals surface area contributed by atoms with E-state index in [4.69, 9.17) is 4.74 Å². The number of hydrogen-bond acceptors (Lipinski definition) is 5. The van der Waals surface area contributed by atoms with Gasteiger partial charge in [-0.05, 0) is 26.2 Å². The molecule has 3 heterocycles. The largest absolute Gasteiger partial charge is 0.371 e. The van der Waals surface area contributed by atoms with Gasteiger partial charge in [-0.3, -0.25) is 4.79 Å². The first-order valence-electron chi connectivity index (χ1n) is 8.12. The normalized spacial score (nSPS) is 31.9. The highest BCUT2D eigenvalue weighted by Gasteiger charge is 2.52. The summed E-state index contributed by atoms with van der Waals surface area (Å²) in [5, 5.41) is 3.12. The Morgan fingerprint density at radius 2 is 2.30 bits per heavy atom. The standard InChI is InChI=1S/C16H21FN2O2S2/c1-10-18-13(6-22-10)5-21-14-4-16(23-7-14)8-19(9-16)15(20)11-2-12(17)3-11/h6,11-12,14H,2-5,7-9H2,1H3/t11?,12?,14-/m1/s1. The van der Waals surface area contributed by atoms with E-state index in [1.807, 2.05) is 29.0 Å². The Morgan fingerprint density at radius 3 is 2.96 bits per heavy atom. The summed E-state index contributed by atoms with van der Waals surface area (Å²) >= 11 is 3.58. The summed E-state index contributed by atoms with van der Waals surface area (Å²) in [6.45, 7) is 4.19. The van der Waals surface area contributed by atoms with Crippen LogP contribution in [0.3, 0.4) is 0 Å². The zero-order valence-electron chi connectivity index (χ0n) is 13.2. The van der Waals surface area contributed by atoms with E-state index in [-0.39, 0.29) is 22.7 Å². The van der Waals surface area contributed by atoms with E-state index >= 15 is 0 Å². The van der Waals surface area contributed by atoms with Crippen LogP contribution in [0.15, 0.2) is 5.38 Å². The number of alkyl halides is 1. The Morgan fingerprint density at radius 1 is 1.52 bits per heavy atom. The number of likely N-dealkylation sites (tertiary alicyclic amines) is 1. The van der Waals surface area contributed by atoms with Crippen LogP contribution in [0.1, 0.15) is 30.0 Å². The fourth-order valence-electron chi connectivity index (χ4n) is 3.62. The Kier molecular flexibility index (Phi) is 4.14. The van der Waals surface area contributed by atoms with Crippen molar-refractivity contribution in [2.24, 2.45) is 5.92 Å². The van der Waals surface area contributed by atoms with Crippen LogP contribution in [-0.4, -0.2) is 51.7 Å². The molecule has 7 heteroatoms. The third-order valence-corrected chi connectivity index (χ3v) is 7.41. The van der Waals surface area contributed by atoms with Crippen molar-refractivity contribution in [3.05, 3.63) is 16.1 Å². The van der Waals surface area contributed by atoms with Gasteiger partial charge in [0.15, 0.2) is 0 Å². The van der Waals surface area contributed by atoms with Crippen molar-refractivity contribution >= 4 is 29.0 Å². The van der Waals surface area contributed by atoms with Crippen LogP contribution in [0, 0.1) is 12.8 Å². The molecule has 3 fully saturated rings. The van der Waals surface area contributed by atoms with E-state index < -0.39 is 6.17 Å². The van der Waals surface area contributed by atoms with Crippen LogP contribution in [0.5, 0.6) is 0 Å². The first kappa shape index (κ1) is 15.8. The number of thioether (sulfide) groups is 1. The van der Waals surface area contributed by atoms with Crippen LogP contribution in [0.4, 0.5) is 4.39 Å². The van der Waals surface area contributed by atoms with Crippen molar-refractivity contribution in [2.75, 3.05) is 18.8 Å². The number of aromatic nitrogens is 1. The second-order valence-corrected chi connectivity index (χ2v) is 9.50.